The van der Waals surface area contributed by atoms with Crippen LogP contribution in [0.3, 0.4) is 0 Å². The quantitative estimate of drug-likeness (QED) is 0.543. The van der Waals surface area contributed by atoms with Gasteiger partial charge in [-0.1, -0.05) is 33.2 Å². The van der Waals surface area contributed by atoms with Crippen molar-refractivity contribution >= 4 is 44.4 Å². The molecule has 3 aromatic rings. The van der Waals surface area contributed by atoms with Crippen LogP contribution in [0.4, 0.5) is 10.3 Å². The van der Waals surface area contributed by atoms with Crippen LogP contribution < -0.4 is 5.73 Å². The van der Waals surface area contributed by atoms with Crippen molar-refractivity contribution in [1.82, 2.24) is 5.16 Å². The van der Waals surface area contributed by atoms with E-state index in [9.17, 15) is 4.39 Å². The van der Waals surface area contributed by atoms with Crippen LogP contribution in [0.2, 0.25) is 0 Å². The fourth-order valence-electron chi connectivity index (χ4n) is 2.06. The van der Waals surface area contributed by atoms with Crippen LogP contribution in [0.15, 0.2) is 51.5 Å². The monoisotopic (exact) mass is 458 g/mol. The van der Waals surface area contributed by atoms with Gasteiger partial charge in [-0.3, -0.25) is 0 Å². The molecule has 0 atom stereocenters. The van der Waals surface area contributed by atoms with Crippen LogP contribution >= 0.6 is 38.5 Å². The first-order valence-corrected chi connectivity index (χ1v) is 7.90. The molecule has 3 nitrogen and oxygen atoms in total. The Morgan fingerprint density at radius 2 is 1.86 bits per heavy atom. The van der Waals surface area contributed by atoms with Crippen molar-refractivity contribution in [3.63, 3.8) is 0 Å². The summed E-state index contributed by atoms with van der Waals surface area (Å²) in [6.07, 6.45) is 0. The molecule has 2 N–H and O–H groups in total. The van der Waals surface area contributed by atoms with Gasteiger partial charge < -0.3 is 10.3 Å². The molecule has 0 radical (unpaired) electrons. The van der Waals surface area contributed by atoms with Crippen molar-refractivity contribution in [2.45, 2.75) is 0 Å². The van der Waals surface area contributed by atoms with Crippen molar-refractivity contribution in [1.29, 1.82) is 0 Å². The molecule has 1 aromatic heterocycles. The Kier molecular flexibility index (Phi) is 3.99. The van der Waals surface area contributed by atoms with E-state index in [0.717, 1.165) is 19.2 Å². The summed E-state index contributed by atoms with van der Waals surface area (Å²) in [6, 6.07) is 12.0. The number of hydrogen-bond donors (Lipinski definition) is 1. The molecule has 0 fully saturated rings. The van der Waals surface area contributed by atoms with Crippen LogP contribution in [-0.2, 0) is 0 Å². The van der Waals surface area contributed by atoms with Gasteiger partial charge in [-0.2, -0.15) is 0 Å². The van der Waals surface area contributed by atoms with Crippen LogP contribution in [-0.4, -0.2) is 5.16 Å². The van der Waals surface area contributed by atoms with E-state index >= 15 is 0 Å². The minimum Gasteiger partial charge on any atom is -0.367 e. The zero-order valence-corrected chi connectivity index (χ0v) is 14.4. The number of benzene rings is 2. The molecule has 3 rings (SSSR count). The highest BCUT2D eigenvalue weighted by molar-refractivity contribution is 14.1. The molecule has 0 amide bonds. The third-order valence-corrected chi connectivity index (χ3v) is 4.47. The molecule has 6 heteroatoms. The Labute approximate surface area is 142 Å². The summed E-state index contributed by atoms with van der Waals surface area (Å²) >= 11 is 5.68. The molecule has 2 aromatic carbocycles. The second kappa shape index (κ2) is 5.76. The van der Waals surface area contributed by atoms with E-state index in [1.807, 2.05) is 18.2 Å². The topological polar surface area (TPSA) is 52.0 Å². The first-order chi connectivity index (χ1) is 10.1. The van der Waals surface area contributed by atoms with Crippen LogP contribution in [0.1, 0.15) is 0 Å². The van der Waals surface area contributed by atoms with Gasteiger partial charge in [0.1, 0.15) is 11.5 Å². The van der Waals surface area contributed by atoms with Gasteiger partial charge in [0, 0.05) is 13.6 Å². The van der Waals surface area contributed by atoms with E-state index in [4.69, 9.17) is 10.3 Å². The van der Waals surface area contributed by atoms with Gasteiger partial charge >= 0.3 is 0 Å². The van der Waals surface area contributed by atoms with Crippen molar-refractivity contribution in [2.75, 3.05) is 5.73 Å². The zero-order valence-electron chi connectivity index (χ0n) is 10.6. The number of halogens is 3. The van der Waals surface area contributed by atoms with Gasteiger partial charge in [-0.25, -0.2) is 4.39 Å². The van der Waals surface area contributed by atoms with Crippen molar-refractivity contribution < 1.29 is 8.91 Å². The number of nitrogens with zero attached hydrogens (tertiary/aromatic N) is 1. The third kappa shape index (κ3) is 2.82. The Balaban J connectivity index is 2.21. The lowest BCUT2D eigenvalue weighted by molar-refractivity contribution is 0.439. The number of anilines is 1. The normalized spacial score (nSPS) is 10.8. The minimum absolute atomic E-state index is 0.215. The molecule has 0 aliphatic heterocycles. The second-order valence-corrected chi connectivity index (χ2v) is 6.48. The van der Waals surface area contributed by atoms with Gasteiger partial charge in [0.05, 0.1) is 5.56 Å². The average Bonchev–Trinajstić information content (AvgIpc) is 2.84. The predicted octanol–water partition coefficient (Wildman–Crippen LogP) is 5.10. The highest BCUT2D eigenvalue weighted by atomic mass is 127. The third-order valence-electron chi connectivity index (χ3n) is 3.03. The number of hydrogen-bond acceptors (Lipinski definition) is 3. The van der Waals surface area contributed by atoms with Crippen molar-refractivity contribution in [2.24, 2.45) is 0 Å². The van der Waals surface area contributed by atoms with E-state index in [2.05, 4.69) is 43.7 Å². The summed E-state index contributed by atoms with van der Waals surface area (Å²) in [6.45, 7) is 0. The highest BCUT2D eigenvalue weighted by Crippen LogP contribution is 2.38. The maximum absolute atomic E-state index is 13.1. The fraction of sp³-hybridized carbons (Fsp3) is 0. The first-order valence-electron chi connectivity index (χ1n) is 6.03. The maximum Gasteiger partial charge on any atom is 0.230 e. The van der Waals surface area contributed by atoms with Gasteiger partial charge in [0.15, 0.2) is 0 Å². The molecule has 0 saturated heterocycles. The number of nitrogens with two attached hydrogens (primary N) is 1. The number of nitrogen functional groups attached to an aromatic ring is 1. The van der Waals surface area contributed by atoms with E-state index in [0.29, 0.717) is 11.3 Å². The van der Waals surface area contributed by atoms with Crippen molar-refractivity contribution in [3.8, 4) is 22.4 Å². The maximum atomic E-state index is 13.1. The summed E-state index contributed by atoms with van der Waals surface area (Å²) in [7, 11) is 0. The second-order valence-electron chi connectivity index (χ2n) is 4.40. The van der Waals surface area contributed by atoms with Crippen LogP contribution in [0.5, 0.6) is 0 Å². The summed E-state index contributed by atoms with van der Waals surface area (Å²) < 4.78 is 20.2. The Hall–Kier alpha value is -1.41. The molecule has 0 bridgehead atoms. The highest BCUT2D eigenvalue weighted by Gasteiger charge is 2.19. The SMILES string of the molecule is Nc1onc(-c2cc(Br)ccc2I)c1-c1ccc(F)cc1. The molecule has 0 saturated carbocycles. The molecule has 0 spiro atoms. The standard InChI is InChI=1S/C15H9BrFIN2O/c16-9-3-6-12(18)11(7-9)14-13(15(19)21-20-14)8-1-4-10(17)5-2-8/h1-7H,19H2. The number of aromatic nitrogens is 1. The Morgan fingerprint density at radius 3 is 2.57 bits per heavy atom. The molecule has 21 heavy (non-hydrogen) atoms. The zero-order chi connectivity index (χ0) is 15.0. The van der Waals surface area contributed by atoms with E-state index < -0.39 is 0 Å². The Morgan fingerprint density at radius 1 is 1.14 bits per heavy atom. The summed E-state index contributed by atoms with van der Waals surface area (Å²) in [5.41, 5.74) is 8.89. The predicted molar refractivity (Wildman–Crippen MR) is 92.2 cm³/mol. The van der Waals surface area contributed by atoms with Gasteiger partial charge in [-0.15, -0.1) is 0 Å². The summed E-state index contributed by atoms with van der Waals surface area (Å²) in [4.78, 5) is 0. The fourth-order valence-corrected chi connectivity index (χ4v) is 3.01. The van der Waals surface area contributed by atoms with E-state index in [1.54, 1.807) is 12.1 Å². The van der Waals surface area contributed by atoms with Crippen LogP contribution in [0, 0.1) is 9.39 Å². The van der Waals surface area contributed by atoms with E-state index in [1.165, 1.54) is 12.1 Å². The Bertz CT molecular complexity index is 802. The lowest BCUT2D eigenvalue weighted by atomic mass is 10.0. The lowest BCUT2D eigenvalue weighted by Gasteiger charge is -2.05. The molecule has 0 aliphatic rings. The smallest absolute Gasteiger partial charge is 0.230 e. The van der Waals surface area contributed by atoms with E-state index in [-0.39, 0.29) is 11.7 Å². The largest absolute Gasteiger partial charge is 0.367 e. The summed E-state index contributed by atoms with van der Waals surface area (Å²) in [5, 5.41) is 4.07. The van der Waals surface area contributed by atoms with Crippen LogP contribution in [0.25, 0.3) is 22.4 Å². The van der Waals surface area contributed by atoms with Gasteiger partial charge in [0.2, 0.25) is 5.88 Å². The van der Waals surface area contributed by atoms with Gasteiger partial charge in [-0.05, 0) is 58.5 Å². The molecule has 0 unspecified atom stereocenters. The molecule has 1 heterocycles. The lowest BCUT2D eigenvalue weighted by Crippen LogP contribution is -1.90. The molecular weight excluding hydrogens is 450 g/mol. The van der Waals surface area contributed by atoms with Gasteiger partial charge in [0.25, 0.3) is 0 Å². The van der Waals surface area contributed by atoms with Crippen molar-refractivity contribution in [3.05, 3.63) is 56.3 Å². The average molecular weight is 459 g/mol. The molecule has 0 aliphatic carbocycles. The summed E-state index contributed by atoms with van der Waals surface area (Å²) in [5.74, 6) is -0.0836. The molecular formula is C15H9BrFIN2O. The first kappa shape index (κ1) is 14.5. The minimum atomic E-state index is -0.299. The molecule has 106 valence electrons. The number of rotatable bonds is 2.